The molecule has 2 heterocycles. The first-order chi connectivity index (χ1) is 6.86. The molecular formula is C8H12N4OS. The number of rotatable bonds is 3. The van der Waals surface area contributed by atoms with Crippen LogP contribution in [0, 0.1) is 0 Å². The molecule has 0 spiro atoms. The zero-order valence-corrected chi connectivity index (χ0v) is 8.59. The van der Waals surface area contributed by atoms with Crippen molar-refractivity contribution in [1.82, 2.24) is 15.1 Å². The van der Waals surface area contributed by atoms with Crippen molar-refractivity contribution in [3.8, 4) is 0 Å². The number of hydrogen-bond donors (Lipinski definition) is 1. The van der Waals surface area contributed by atoms with Crippen LogP contribution in [-0.2, 0) is 4.79 Å². The van der Waals surface area contributed by atoms with Gasteiger partial charge in [-0.05, 0) is 12.8 Å². The van der Waals surface area contributed by atoms with Gasteiger partial charge in [-0.25, -0.2) is 0 Å². The highest BCUT2D eigenvalue weighted by Gasteiger charge is 2.17. The summed E-state index contributed by atoms with van der Waals surface area (Å²) in [7, 11) is 0. The third-order valence-corrected chi connectivity index (χ3v) is 2.86. The molecule has 0 atom stereocenters. The van der Waals surface area contributed by atoms with E-state index < -0.39 is 0 Å². The van der Waals surface area contributed by atoms with Crippen LogP contribution in [0.25, 0.3) is 0 Å². The summed E-state index contributed by atoms with van der Waals surface area (Å²) in [6, 6.07) is 0. The van der Waals surface area contributed by atoms with Gasteiger partial charge in [0.2, 0.25) is 11.0 Å². The molecule has 0 aliphatic carbocycles. The predicted molar refractivity (Wildman–Crippen MR) is 54.2 cm³/mol. The number of aromatic nitrogens is 2. The lowest BCUT2D eigenvalue weighted by molar-refractivity contribution is -0.128. The molecule has 1 aromatic rings. The summed E-state index contributed by atoms with van der Waals surface area (Å²) in [6.45, 7) is 2.13. The molecule has 2 rings (SSSR count). The van der Waals surface area contributed by atoms with E-state index in [0.29, 0.717) is 11.7 Å². The van der Waals surface area contributed by atoms with Gasteiger partial charge in [0.1, 0.15) is 5.51 Å². The number of carbonyl (C=O) groups is 1. The van der Waals surface area contributed by atoms with E-state index in [-0.39, 0.29) is 5.91 Å². The number of carbonyl (C=O) groups excluding carboxylic acids is 1. The van der Waals surface area contributed by atoms with Gasteiger partial charge in [0.15, 0.2) is 0 Å². The minimum atomic E-state index is 0.151. The lowest BCUT2D eigenvalue weighted by atomic mass is 10.4. The lowest BCUT2D eigenvalue weighted by Crippen LogP contribution is -2.32. The van der Waals surface area contributed by atoms with Gasteiger partial charge in [0.25, 0.3) is 0 Å². The van der Waals surface area contributed by atoms with Crippen LogP contribution < -0.4 is 5.32 Å². The van der Waals surface area contributed by atoms with Gasteiger partial charge < -0.3 is 10.2 Å². The Morgan fingerprint density at radius 2 is 2.36 bits per heavy atom. The second-order valence-electron chi connectivity index (χ2n) is 3.19. The van der Waals surface area contributed by atoms with Crippen LogP contribution in [0.4, 0.5) is 5.13 Å². The molecule has 1 saturated heterocycles. The van der Waals surface area contributed by atoms with Crippen LogP contribution in [0.15, 0.2) is 5.51 Å². The molecule has 1 aromatic heterocycles. The summed E-state index contributed by atoms with van der Waals surface area (Å²) >= 11 is 1.40. The van der Waals surface area contributed by atoms with Gasteiger partial charge >= 0.3 is 0 Å². The fraction of sp³-hybridized carbons (Fsp3) is 0.625. The molecule has 1 aliphatic rings. The third-order valence-electron chi connectivity index (χ3n) is 2.21. The van der Waals surface area contributed by atoms with E-state index in [9.17, 15) is 4.79 Å². The van der Waals surface area contributed by atoms with Gasteiger partial charge in [-0.15, -0.1) is 10.2 Å². The van der Waals surface area contributed by atoms with Crippen molar-refractivity contribution in [2.75, 3.05) is 25.0 Å². The summed E-state index contributed by atoms with van der Waals surface area (Å²) < 4.78 is 0. The summed E-state index contributed by atoms with van der Waals surface area (Å²) in [5, 5.41) is 11.1. The Kier molecular flexibility index (Phi) is 2.93. The molecular weight excluding hydrogens is 200 g/mol. The first-order valence-electron chi connectivity index (χ1n) is 4.64. The van der Waals surface area contributed by atoms with E-state index in [2.05, 4.69) is 15.5 Å². The second kappa shape index (κ2) is 4.36. The number of hydrogen-bond acceptors (Lipinski definition) is 5. The zero-order chi connectivity index (χ0) is 9.80. The molecule has 0 radical (unpaired) electrons. The fourth-order valence-electron chi connectivity index (χ4n) is 1.48. The van der Waals surface area contributed by atoms with E-state index >= 15 is 0 Å². The molecule has 1 aliphatic heterocycles. The van der Waals surface area contributed by atoms with Crippen molar-refractivity contribution in [3.05, 3.63) is 5.51 Å². The Balaban J connectivity index is 1.77. The normalized spacial score (nSPS) is 15.9. The molecule has 76 valence electrons. The van der Waals surface area contributed by atoms with Crippen LogP contribution in [0.5, 0.6) is 0 Å². The monoisotopic (exact) mass is 212 g/mol. The summed E-state index contributed by atoms with van der Waals surface area (Å²) in [5.74, 6) is 0.151. The second-order valence-corrected chi connectivity index (χ2v) is 4.02. The Morgan fingerprint density at radius 1 is 1.57 bits per heavy atom. The number of amides is 1. The van der Waals surface area contributed by atoms with E-state index in [4.69, 9.17) is 0 Å². The van der Waals surface area contributed by atoms with Gasteiger partial charge in [-0.3, -0.25) is 4.79 Å². The molecule has 0 unspecified atom stereocenters. The van der Waals surface area contributed by atoms with Crippen molar-refractivity contribution in [2.45, 2.75) is 12.8 Å². The Labute approximate surface area is 86.1 Å². The van der Waals surface area contributed by atoms with Gasteiger partial charge in [0.05, 0.1) is 6.54 Å². The highest BCUT2D eigenvalue weighted by atomic mass is 32.1. The van der Waals surface area contributed by atoms with Crippen LogP contribution in [0.3, 0.4) is 0 Å². The molecule has 1 N–H and O–H groups in total. The molecule has 0 bridgehead atoms. The van der Waals surface area contributed by atoms with Gasteiger partial charge in [-0.1, -0.05) is 11.3 Å². The molecule has 0 saturated carbocycles. The highest BCUT2D eigenvalue weighted by Crippen LogP contribution is 2.10. The minimum Gasteiger partial charge on any atom is -0.351 e. The molecule has 0 aromatic carbocycles. The van der Waals surface area contributed by atoms with Crippen molar-refractivity contribution < 1.29 is 4.79 Å². The average Bonchev–Trinajstić information content (AvgIpc) is 2.87. The minimum absolute atomic E-state index is 0.151. The SMILES string of the molecule is O=C(CNc1nncs1)N1CCCC1. The maximum atomic E-state index is 11.6. The first-order valence-corrected chi connectivity index (χ1v) is 5.52. The van der Waals surface area contributed by atoms with Crippen LogP contribution in [0.1, 0.15) is 12.8 Å². The zero-order valence-electron chi connectivity index (χ0n) is 7.77. The van der Waals surface area contributed by atoms with Crippen LogP contribution in [-0.4, -0.2) is 40.6 Å². The summed E-state index contributed by atoms with van der Waals surface area (Å²) in [6.07, 6.45) is 2.26. The van der Waals surface area contributed by atoms with Crippen molar-refractivity contribution in [1.29, 1.82) is 0 Å². The Morgan fingerprint density at radius 3 is 3.00 bits per heavy atom. The quantitative estimate of drug-likeness (QED) is 0.796. The molecule has 5 nitrogen and oxygen atoms in total. The molecule has 1 fully saturated rings. The highest BCUT2D eigenvalue weighted by molar-refractivity contribution is 7.13. The summed E-state index contributed by atoms with van der Waals surface area (Å²) in [4.78, 5) is 13.4. The largest absolute Gasteiger partial charge is 0.351 e. The van der Waals surface area contributed by atoms with Gasteiger partial charge in [-0.2, -0.15) is 0 Å². The van der Waals surface area contributed by atoms with Crippen LogP contribution in [0.2, 0.25) is 0 Å². The maximum absolute atomic E-state index is 11.6. The Hall–Kier alpha value is -1.17. The number of anilines is 1. The van der Waals surface area contributed by atoms with Crippen molar-refractivity contribution in [2.24, 2.45) is 0 Å². The predicted octanol–water partition coefficient (Wildman–Crippen LogP) is 0.572. The maximum Gasteiger partial charge on any atom is 0.241 e. The smallest absolute Gasteiger partial charge is 0.241 e. The Bertz CT molecular complexity index is 294. The molecule has 6 heteroatoms. The van der Waals surface area contributed by atoms with E-state index in [1.54, 1.807) is 5.51 Å². The average molecular weight is 212 g/mol. The first kappa shape index (κ1) is 9.39. The lowest BCUT2D eigenvalue weighted by Gasteiger charge is -2.14. The molecule has 1 amide bonds. The third kappa shape index (κ3) is 2.20. The standard InChI is InChI=1S/C8H12N4OS/c13-7(12-3-1-2-4-12)5-9-8-11-10-6-14-8/h6H,1-5H2,(H,9,11). The van der Waals surface area contributed by atoms with Crippen molar-refractivity contribution >= 4 is 22.4 Å². The number of likely N-dealkylation sites (tertiary alicyclic amines) is 1. The summed E-state index contributed by atoms with van der Waals surface area (Å²) in [5.41, 5.74) is 1.64. The molecule has 14 heavy (non-hydrogen) atoms. The van der Waals surface area contributed by atoms with E-state index in [1.807, 2.05) is 4.90 Å². The van der Waals surface area contributed by atoms with Crippen LogP contribution >= 0.6 is 11.3 Å². The van der Waals surface area contributed by atoms with Gasteiger partial charge in [0, 0.05) is 13.1 Å². The number of nitrogens with zero attached hydrogens (tertiary/aromatic N) is 3. The topological polar surface area (TPSA) is 58.1 Å². The van der Waals surface area contributed by atoms with E-state index in [1.165, 1.54) is 11.3 Å². The number of nitrogens with one attached hydrogen (secondary N) is 1. The fourth-order valence-corrected chi connectivity index (χ4v) is 1.92. The van der Waals surface area contributed by atoms with E-state index in [0.717, 1.165) is 25.9 Å². The van der Waals surface area contributed by atoms with Crippen molar-refractivity contribution in [3.63, 3.8) is 0 Å².